The van der Waals surface area contributed by atoms with E-state index in [0.29, 0.717) is 32.1 Å². The van der Waals surface area contributed by atoms with Gasteiger partial charge >= 0.3 is 0 Å². The number of amides is 2. The number of morpholine rings is 1. The van der Waals surface area contributed by atoms with Crippen LogP contribution in [-0.2, 0) is 20.9 Å². The molecule has 0 spiro atoms. The molecule has 0 radical (unpaired) electrons. The van der Waals surface area contributed by atoms with Gasteiger partial charge in [0.2, 0.25) is 11.8 Å². The molecule has 3 rings (SSSR count). The van der Waals surface area contributed by atoms with Crippen molar-refractivity contribution in [3.8, 4) is 0 Å². The highest BCUT2D eigenvalue weighted by molar-refractivity contribution is 8.00. The Morgan fingerprint density at radius 2 is 1.89 bits per heavy atom. The van der Waals surface area contributed by atoms with Crippen molar-refractivity contribution in [1.29, 1.82) is 0 Å². The fourth-order valence-corrected chi connectivity index (χ4v) is 5.01. The van der Waals surface area contributed by atoms with E-state index in [4.69, 9.17) is 4.74 Å². The van der Waals surface area contributed by atoms with Gasteiger partial charge in [0.25, 0.3) is 0 Å². The summed E-state index contributed by atoms with van der Waals surface area (Å²) in [5.74, 6) is 3.02. The molecule has 2 aliphatic rings. The van der Waals surface area contributed by atoms with Gasteiger partial charge in [0.1, 0.15) is 0 Å². The van der Waals surface area contributed by atoms with Gasteiger partial charge in [0.15, 0.2) is 0 Å². The zero-order valence-corrected chi connectivity index (χ0v) is 18.1. The second kappa shape index (κ2) is 11.1. The van der Waals surface area contributed by atoms with E-state index in [9.17, 15) is 9.59 Å². The molecule has 0 saturated carbocycles. The summed E-state index contributed by atoms with van der Waals surface area (Å²) in [6, 6.07) is 6.10. The number of anilines is 1. The van der Waals surface area contributed by atoms with Gasteiger partial charge < -0.3 is 15.0 Å². The predicted molar refractivity (Wildman–Crippen MR) is 117 cm³/mol. The molecule has 8 heteroatoms. The van der Waals surface area contributed by atoms with E-state index in [1.54, 1.807) is 4.90 Å². The van der Waals surface area contributed by atoms with Crippen LogP contribution < -0.4 is 5.32 Å². The molecular weight excluding hydrogens is 394 g/mol. The number of carbonyl (C=O) groups is 2. The van der Waals surface area contributed by atoms with Crippen LogP contribution in [0.15, 0.2) is 18.2 Å². The molecule has 0 unspecified atom stereocenters. The van der Waals surface area contributed by atoms with E-state index < -0.39 is 0 Å². The summed E-state index contributed by atoms with van der Waals surface area (Å²) in [4.78, 5) is 28.7. The highest BCUT2D eigenvalue weighted by Crippen LogP contribution is 2.22. The summed E-state index contributed by atoms with van der Waals surface area (Å²) in [6.07, 6.45) is 0. The topological polar surface area (TPSA) is 61.9 Å². The van der Waals surface area contributed by atoms with Gasteiger partial charge in [-0.25, -0.2) is 0 Å². The third kappa shape index (κ3) is 6.40. The number of ether oxygens (including phenoxy) is 1. The molecular formula is C20H29N3O3S2. The lowest BCUT2D eigenvalue weighted by molar-refractivity contribution is -0.132. The molecule has 154 valence electrons. The lowest BCUT2D eigenvalue weighted by Crippen LogP contribution is -2.41. The van der Waals surface area contributed by atoms with Crippen molar-refractivity contribution in [2.45, 2.75) is 13.5 Å². The molecule has 2 amide bonds. The number of carbonyl (C=O) groups excluding carboxylic acids is 2. The number of benzene rings is 1. The maximum absolute atomic E-state index is 12.3. The lowest BCUT2D eigenvalue weighted by Gasteiger charge is -2.27. The van der Waals surface area contributed by atoms with Gasteiger partial charge in [-0.1, -0.05) is 12.1 Å². The lowest BCUT2D eigenvalue weighted by atomic mass is 10.1. The minimum absolute atomic E-state index is 0.0607. The van der Waals surface area contributed by atoms with Crippen LogP contribution in [0.1, 0.15) is 11.1 Å². The summed E-state index contributed by atoms with van der Waals surface area (Å²) in [5.41, 5.74) is 3.26. The second-order valence-electron chi connectivity index (χ2n) is 7.01. The smallest absolute Gasteiger partial charge is 0.234 e. The molecule has 0 aromatic heterocycles. The number of hydrogen-bond donors (Lipinski definition) is 1. The summed E-state index contributed by atoms with van der Waals surface area (Å²) >= 11 is 3.38. The Morgan fingerprint density at radius 1 is 1.14 bits per heavy atom. The number of hydrogen-bond acceptors (Lipinski definition) is 6. The number of nitrogens with one attached hydrogen (secondary N) is 1. The first-order valence-corrected chi connectivity index (χ1v) is 12.1. The van der Waals surface area contributed by atoms with Crippen LogP contribution in [-0.4, -0.2) is 84.0 Å². The average Bonchev–Trinajstić information content (AvgIpc) is 2.72. The molecule has 2 fully saturated rings. The molecule has 2 saturated heterocycles. The van der Waals surface area contributed by atoms with E-state index >= 15 is 0 Å². The minimum atomic E-state index is -0.0607. The van der Waals surface area contributed by atoms with Crippen molar-refractivity contribution in [1.82, 2.24) is 9.80 Å². The first kappa shape index (κ1) is 21.5. The normalized spacial score (nSPS) is 18.1. The SMILES string of the molecule is Cc1c(CN2CCSCC2)cccc1NC(=O)CSCC(=O)N1CCOCC1. The number of thioether (sulfide) groups is 2. The zero-order chi connectivity index (χ0) is 19.8. The molecule has 6 nitrogen and oxygen atoms in total. The van der Waals surface area contributed by atoms with Crippen LogP contribution in [0.25, 0.3) is 0 Å². The largest absolute Gasteiger partial charge is 0.378 e. The highest BCUT2D eigenvalue weighted by Gasteiger charge is 2.17. The van der Waals surface area contributed by atoms with Gasteiger partial charge in [-0.2, -0.15) is 11.8 Å². The molecule has 28 heavy (non-hydrogen) atoms. The van der Waals surface area contributed by atoms with Gasteiger partial charge in [0, 0.05) is 49.9 Å². The Balaban J connectivity index is 1.45. The summed E-state index contributed by atoms with van der Waals surface area (Å²) in [5, 5.41) is 3.01. The number of nitrogens with zero attached hydrogens (tertiary/aromatic N) is 2. The van der Waals surface area contributed by atoms with Crippen molar-refractivity contribution >= 4 is 41.0 Å². The molecule has 0 aliphatic carbocycles. The van der Waals surface area contributed by atoms with Crippen LogP contribution in [0.5, 0.6) is 0 Å². The fourth-order valence-electron chi connectivity index (χ4n) is 3.31. The Hall–Kier alpha value is -1.22. The standard InChI is InChI=1S/C20H29N3O3S2/c1-16-17(13-22-7-11-27-12-8-22)3-2-4-18(16)21-19(24)14-28-15-20(25)23-5-9-26-10-6-23/h2-4H,5-15H2,1H3,(H,21,24). The van der Waals surface area contributed by atoms with Crippen LogP contribution in [0, 0.1) is 6.92 Å². The van der Waals surface area contributed by atoms with Crippen molar-refractivity contribution < 1.29 is 14.3 Å². The van der Waals surface area contributed by atoms with Crippen molar-refractivity contribution in [2.24, 2.45) is 0 Å². The van der Waals surface area contributed by atoms with Gasteiger partial charge in [-0.05, 0) is 24.1 Å². The van der Waals surface area contributed by atoms with E-state index in [0.717, 1.165) is 30.9 Å². The Bertz CT molecular complexity index is 675. The third-order valence-electron chi connectivity index (χ3n) is 5.04. The quantitative estimate of drug-likeness (QED) is 0.725. The average molecular weight is 424 g/mol. The van der Waals surface area contributed by atoms with Crippen LogP contribution >= 0.6 is 23.5 Å². The van der Waals surface area contributed by atoms with Crippen molar-refractivity contribution in [3.05, 3.63) is 29.3 Å². The van der Waals surface area contributed by atoms with E-state index in [-0.39, 0.29) is 17.6 Å². The Morgan fingerprint density at radius 3 is 2.64 bits per heavy atom. The maximum atomic E-state index is 12.3. The summed E-state index contributed by atoms with van der Waals surface area (Å²) < 4.78 is 5.26. The molecule has 2 aliphatic heterocycles. The summed E-state index contributed by atoms with van der Waals surface area (Å²) in [6.45, 7) is 7.73. The van der Waals surface area contributed by atoms with Gasteiger partial charge in [-0.15, -0.1) is 11.8 Å². The molecule has 0 bridgehead atoms. The first-order valence-electron chi connectivity index (χ1n) is 9.75. The Kier molecular flexibility index (Phi) is 8.51. The first-order chi connectivity index (χ1) is 13.6. The molecule has 2 heterocycles. The van der Waals surface area contributed by atoms with E-state index in [1.165, 1.54) is 28.8 Å². The zero-order valence-electron chi connectivity index (χ0n) is 16.4. The van der Waals surface area contributed by atoms with Gasteiger partial charge in [-0.3, -0.25) is 14.5 Å². The number of rotatable bonds is 7. The van der Waals surface area contributed by atoms with Crippen LogP contribution in [0.3, 0.4) is 0 Å². The monoisotopic (exact) mass is 423 g/mol. The summed E-state index contributed by atoms with van der Waals surface area (Å²) in [7, 11) is 0. The fraction of sp³-hybridized carbons (Fsp3) is 0.600. The molecule has 1 aromatic rings. The minimum Gasteiger partial charge on any atom is -0.378 e. The predicted octanol–water partition coefficient (Wildman–Crippen LogP) is 2.07. The van der Waals surface area contributed by atoms with E-state index in [1.807, 2.05) is 23.9 Å². The third-order valence-corrected chi connectivity index (χ3v) is 6.90. The van der Waals surface area contributed by atoms with Crippen molar-refractivity contribution in [2.75, 3.05) is 67.7 Å². The van der Waals surface area contributed by atoms with Gasteiger partial charge in [0.05, 0.1) is 24.7 Å². The molecule has 1 N–H and O–H groups in total. The highest BCUT2D eigenvalue weighted by atomic mass is 32.2. The van der Waals surface area contributed by atoms with Crippen LogP contribution in [0.4, 0.5) is 5.69 Å². The van der Waals surface area contributed by atoms with Crippen molar-refractivity contribution in [3.63, 3.8) is 0 Å². The molecule has 0 atom stereocenters. The maximum Gasteiger partial charge on any atom is 0.234 e. The Labute approximate surface area is 175 Å². The molecule has 1 aromatic carbocycles. The van der Waals surface area contributed by atoms with E-state index in [2.05, 4.69) is 23.2 Å². The van der Waals surface area contributed by atoms with Crippen LogP contribution in [0.2, 0.25) is 0 Å². The second-order valence-corrected chi connectivity index (χ2v) is 9.22.